The molecular weight excluding hydrogens is 386 g/mol. The summed E-state index contributed by atoms with van der Waals surface area (Å²) in [6.07, 6.45) is 3.93. The molecule has 0 radical (unpaired) electrons. The van der Waals surface area contributed by atoms with Crippen LogP contribution in [0, 0.1) is 5.92 Å². The highest BCUT2D eigenvalue weighted by atomic mass is 32.1. The van der Waals surface area contributed by atoms with Gasteiger partial charge in [-0.25, -0.2) is 4.98 Å². The van der Waals surface area contributed by atoms with Crippen molar-refractivity contribution in [3.63, 3.8) is 0 Å². The van der Waals surface area contributed by atoms with Crippen LogP contribution in [0.25, 0.3) is 10.2 Å². The van der Waals surface area contributed by atoms with Gasteiger partial charge in [0, 0.05) is 32.0 Å². The van der Waals surface area contributed by atoms with Crippen LogP contribution < -0.4 is 0 Å². The third kappa shape index (κ3) is 3.67. The van der Waals surface area contributed by atoms with E-state index in [0.717, 1.165) is 35.7 Å². The molecule has 0 N–H and O–H groups in total. The van der Waals surface area contributed by atoms with Crippen molar-refractivity contribution in [2.75, 3.05) is 19.6 Å². The van der Waals surface area contributed by atoms with Crippen molar-refractivity contribution in [3.8, 4) is 0 Å². The van der Waals surface area contributed by atoms with Gasteiger partial charge in [-0.3, -0.25) is 9.59 Å². The molecule has 0 saturated carbocycles. The number of amides is 2. The van der Waals surface area contributed by atoms with Gasteiger partial charge in [-0.15, -0.1) is 11.3 Å². The molecule has 3 aromatic rings. The maximum atomic E-state index is 13.1. The van der Waals surface area contributed by atoms with Crippen molar-refractivity contribution < 1.29 is 14.0 Å². The van der Waals surface area contributed by atoms with Gasteiger partial charge in [0.05, 0.1) is 34.0 Å². The third-order valence-corrected chi connectivity index (χ3v) is 7.08. The van der Waals surface area contributed by atoms with Gasteiger partial charge in [0.2, 0.25) is 11.8 Å². The van der Waals surface area contributed by atoms with Gasteiger partial charge in [0.25, 0.3) is 0 Å². The zero-order valence-corrected chi connectivity index (χ0v) is 16.9. The van der Waals surface area contributed by atoms with E-state index in [0.29, 0.717) is 26.1 Å². The van der Waals surface area contributed by atoms with Crippen LogP contribution in [0.3, 0.4) is 0 Å². The van der Waals surface area contributed by atoms with Crippen molar-refractivity contribution in [1.82, 2.24) is 14.8 Å². The summed E-state index contributed by atoms with van der Waals surface area (Å²) in [4.78, 5) is 34.0. The van der Waals surface area contributed by atoms with Crippen LogP contribution in [0.4, 0.5) is 0 Å². The lowest BCUT2D eigenvalue weighted by Crippen LogP contribution is -2.43. The Morgan fingerprint density at radius 3 is 2.93 bits per heavy atom. The molecule has 1 aromatic carbocycles. The van der Waals surface area contributed by atoms with E-state index in [4.69, 9.17) is 9.40 Å². The number of piperidine rings is 1. The number of carbonyl (C=O) groups is 2. The molecule has 6 nitrogen and oxygen atoms in total. The number of para-hydroxylation sites is 1. The molecule has 7 heteroatoms. The lowest BCUT2D eigenvalue weighted by molar-refractivity contribution is -0.137. The molecule has 4 heterocycles. The molecule has 29 heavy (non-hydrogen) atoms. The van der Waals surface area contributed by atoms with Crippen molar-refractivity contribution in [2.45, 2.75) is 31.7 Å². The summed E-state index contributed by atoms with van der Waals surface area (Å²) >= 11 is 1.73. The van der Waals surface area contributed by atoms with E-state index >= 15 is 0 Å². The Labute approximate surface area is 173 Å². The number of nitrogens with zero attached hydrogens (tertiary/aromatic N) is 3. The van der Waals surface area contributed by atoms with E-state index in [1.807, 2.05) is 35.2 Å². The summed E-state index contributed by atoms with van der Waals surface area (Å²) in [7, 11) is 0. The van der Waals surface area contributed by atoms with Crippen LogP contribution in [-0.2, 0) is 16.1 Å². The number of thiazole rings is 1. The van der Waals surface area contributed by atoms with Gasteiger partial charge in [-0.05, 0) is 37.1 Å². The van der Waals surface area contributed by atoms with E-state index in [2.05, 4.69) is 6.07 Å². The predicted molar refractivity (Wildman–Crippen MR) is 110 cm³/mol. The largest absolute Gasteiger partial charge is 0.467 e. The predicted octanol–water partition coefficient (Wildman–Crippen LogP) is 3.64. The standard InChI is InChI=1S/C22H23N3O3S/c26-20-11-16(13-25(20)14-17-6-4-10-28-17)22(27)24-9-3-5-15(12-24)21-23-18-7-1-2-8-19(18)29-21/h1-2,4,6-8,10,15-16H,3,5,9,11-14H2/t15-,16+/m0/s1. The Morgan fingerprint density at radius 2 is 2.10 bits per heavy atom. The van der Waals surface area contributed by atoms with E-state index < -0.39 is 0 Å². The Balaban J connectivity index is 1.25. The Hall–Kier alpha value is -2.67. The first kappa shape index (κ1) is 18.4. The third-order valence-electron chi connectivity index (χ3n) is 5.88. The SMILES string of the molecule is O=C1C[C@@H](C(=O)N2CCC[C@H](c3nc4ccccc4s3)C2)CN1Cc1ccco1. The van der Waals surface area contributed by atoms with E-state index in [9.17, 15) is 9.59 Å². The summed E-state index contributed by atoms with van der Waals surface area (Å²) in [5, 5.41) is 1.12. The summed E-state index contributed by atoms with van der Waals surface area (Å²) in [6, 6.07) is 11.9. The molecule has 0 aliphatic carbocycles. The molecule has 0 unspecified atom stereocenters. The molecule has 0 spiro atoms. The number of fused-ring (bicyclic) bond motifs is 1. The van der Waals surface area contributed by atoms with Crippen LogP contribution in [-0.4, -0.2) is 46.2 Å². The number of carbonyl (C=O) groups excluding carboxylic acids is 2. The number of hydrogen-bond donors (Lipinski definition) is 0. The lowest BCUT2D eigenvalue weighted by atomic mass is 9.96. The Morgan fingerprint density at radius 1 is 1.21 bits per heavy atom. The summed E-state index contributed by atoms with van der Waals surface area (Å²) in [5.74, 6) is 0.902. The molecular formula is C22H23N3O3S. The minimum absolute atomic E-state index is 0.0273. The molecule has 2 amide bonds. The highest BCUT2D eigenvalue weighted by molar-refractivity contribution is 7.18. The molecule has 2 fully saturated rings. The van der Waals surface area contributed by atoms with E-state index in [1.165, 1.54) is 4.70 Å². The second-order valence-electron chi connectivity index (χ2n) is 7.90. The van der Waals surface area contributed by atoms with Crippen LogP contribution >= 0.6 is 11.3 Å². The quantitative estimate of drug-likeness (QED) is 0.660. The van der Waals surface area contributed by atoms with Crippen molar-refractivity contribution in [1.29, 1.82) is 0 Å². The number of aromatic nitrogens is 1. The van der Waals surface area contributed by atoms with Crippen LogP contribution in [0.5, 0.6) is 0 Å². The van der Waals surface area contributed by atoms with Gasteiger partial charge in [0.15, 0.2) is 0 Å². The minimum atomic E-state index is -0.258. The maximum absolute atomic E-state index is 13.1. The van der Waals surface area contributed by atoms with Gasteiger partial charge >= 0.3 is 0 Å². The highest BCUT2D eigenvalue weighted by Crippen LogP contribution is 2.34. The second-order valence-corrected chi connectivity index (χ2v) is 8.96. The van der Waals surface area contributed by atoms with Gasteiger partial charge in [-0.2, -0.15) is 0 Å². The number of benzene rings is 1. The average molecular weight is 410 g/mol. The van der Waals surface area contributed by atoms with Gasteiger partial charge < -0.3 is 14.2 Å². The molecule has 2 saturated heterocycles. The fourth-order valence-corrected chi connectivity index (χ4v) is 5.48. The van der Waals surface area contributed by atoms with Crippen molar-refractivity contribution >= 4 is 33.4 Å². The average Bonchev–Trinajstić information content (AvgIpc) is 3.48. The first-order chi connectivity index (χ1) is 14.2. The maximum Gasteiger partial charge on any atom is 0.228 e. The summed E-state index contributed by atoms with van der Waals surface area (Å²) < 4.78 is 6.54. The minimum Gasteiger partial charge on any atom is -0.467 e. The van der Waals surface area contributed by atoms with Crippen molar-refractivity contribution in [3.05, 3.63) is 53.4 Å². The molecule has 2 atom stereocenters. The van der Waals surface area contributed by atoms with Crippen LogP contribution in [0.15, 0.2) is 47.1 Å². The molecule has 150 valence electrons. The smallest absolute Gasteiger partial charge is 0.228 e. The molecule has 5 rings (SSSR count). The first-order valence-electron chi connectivity index (χ1n) is 10.1. The van der Waals surface area contributed by atoms with Crippen LogP contribution in [0.2, 0.25) is 0 Å². The Kier molecular flexibility index (Phi) is 4.83. The van der Waals surface area contributed by atoms with Crippen LogP contribution in [0.1, 0.15) is 35.9 Å². The normalized spacial score (nSPS) is 22.6. The van der Waals surface area contributed by atoms with Gasteiger partial charge in [0.1, 0.15) is 5.76 Å². The Bertz CT molecular complexity index is 996. The number of hydrogen-bond acceptors (Lipinski definition) is 5. The van der Waals surface area contributed by atoms with Crippen molar-refractivity contribution in [2.24, 2.45) is 5.92 Å². The summed E-state index contributed by atoms with van der Waals surface area (Å²) in [5.41, 5.74) is 1.03. The molecule has 2 aromatic heterocycles. The topological polar surface area (TPSA) is 66.7 Å². The fourth-order valence-electron chi connectivity index (χ4n) is 4.38. The fraction of sp³-hybridized carbons (Fsp3) is 0.409. The van der Waals surface area contributed by atoms with E-state index in [1.54, 1.807) is 22.5 Å². The second kappa shape index (κ2) is 7.63. The molecule has 0 bridgehead atoms. The highest BCUT2D eigenvalue weighted by Gasteiger charge is 2.38. The van der Waals surface area contributed by atoms with E-state index in [-0.39, 0.29) is 23.7 Å². The number of rotatable bonds is 4. The lowest BCUT2D eigenvalue weighted by Gasteiger charge is -2.33. The first-order valence-corrected chi connectivity index (χ1v) is 10.9. The number of furan rings is 1. The molecule has 2 aliphatic heterocycles. The zero-order valence-electron chi connectivity index (χ0n) is 16.1. The number of likely N-dealkylation sites (tertiary alicyclic amines) is 2. The summed E-state index contributed by atoms with van der Waals surface area (Å²) in [6.45, 7) is 2.37. The van der Waals surface area contributed by atoms with Gasteiger partial charge in [-0.1, -0.05) is 12.1 Å². The molecule has 2 aliphatic rings. The zero-order chi connectivity index (χ0) is 19.8. The monoisotopic (exact) mass is 409 g/mol.